The van der Waals surface area contributed by atoms with Crippen LogP contribution in [0.2, 0.25) is 5.02 Å². The number of piperidine rings is 1. The topological polar surface area (TPSA) is 77.3 Å². The molecule has 1 aliphatic rings. The second-order valence-electron chi connectivity index (χ2n) is 8.18. The number of rotatable bonds is 7. The van der Waals surface area contributed by atoms with Crippen LogP contribution in [0, 0.1) is 12.8 Å². The zero-order valence-corrected chi connectivity index (χ0v) is 20.8. The van der Waals surface area contributed by atoms with Gasteiger partial charge in [-0.2, -0.15) is 0 Å². The average Bonchev–Trinajstić information content (AvgIpc) is 3.27. The van der Waals surface area contributed by atoms with Crippen molar-refractivity contribution in [2.24, 2.45) is 5.92 Å². The number of benzene rings is 2. The Labute approximate surface area is 208 Å². The fourth-order valence-corrected chi connectivity index (χ4v) is 4.90. The van der Waals surface area contributed by atoms with Crippen LogP contribution in [0.25, 0.3) is 17.1 Å². The summed E-state index contributed by atoms with van der Waals surface area (Å²) in [6, 6.07) is 15.6. The standard InChI is InChI=1S/C25H27ClN4O3S/c1-3-33-24(32)19-12-14-29(15-13-19)22(31)16-34-25-28-27-23(18-6-4-17(2)5-7-18)30(25)21-10-8-20(26)9-11-21/h4-11,19H,3,12-16H2,1-2H3. The lowest BCUT2D eigenvalue weighted by molar-refractivity contribution is -0.151. The molecule has 9 heteroatoms. The Morgan fingerprint density at radius 3 is 2.38 bits per heavy atom. The quantitative estimate of drug-likeness (QED) is 0.344. The highest BCUT2D eigenvalue weighted by molar-refractivity contribution is 7.99. The highest BCUT2D eigenvalue weighted by atomic mass is 35.5. The number of halogens is 1. The molecule has 0 unspecified atom stereocenters. The molecule has 1 amide bonds. The number of carbonyl (C=O) groups excluding carboxylic acids is 2. The van der Waals surface area contributed by atoms with Crippen molar-refractivity contribution in [1.29, 1.82) is 0 Å². The third-order valence-electron chi connectivity index (χ3n) is 5.82. The molecule has 1 saturated heterocycles. The Kier molecular flexibility index (Phi) is 7.90. The number of nitrogens with zero attached hydrogens (tertiary/aromatic N) is 4. The van der Waals surface area contributed by atoms with Crippen molar-refractivity contribution < 1.29 is 14.3 Å². The van der Waals surface area contributed by atoms with Gasteiger partial charge < -0.3 is 9.64 Å². The van der Waals surface area contributed by atoms with E-state index in [1.54, 1.807) is 6.92 Å². The van der Waals surface area contributed by atoms with Crippen LogP contribution in [0.4, 0.5) is 0 Å². The summed E-state index contributed by atoms with van der Waals surface area (Å²) >= 11 is 7.45. The molecule has 1 fully saturated rings. The largest absolute Gasteiger partial charge is 0.466 e. The van der Waals surface area contributed by atoms with Gasteiger partial charge >= 0.3 is 5.97 Å². The molecule has 0 atom stereocenters. The van der Waals surface area contributed by atoms with E-state index in [4.69, 9.17) is 16.3 Å². The van der Waals surface area contributed by atoms with Gasteiger partial charge in [0.25, 0.3) is 0 Å². The van der Waals surface area contributed by atoms with Crippen LogP contribution in [0.5, 0.6) is 0 Å². The normalized spacial score (nSPS) is 14.3. The molecular formula is C25H27ClN4O3S. The number of carbonyl (C=O) groups is 2. The molecule has 1 aromatic heterocycles. The van der Waals surface area contributed by atoms with Crippen molar-refractivity contribution >= 4 is 35.2 Å². The molecule has 0 bridgehead atoms. The van der Waals surface area contributed by atoms with Crippen LogP contribution in [-0.2, 0) is 14.3 Å². The molecular weight excluding hydrogens is 472 g/mol. The fourth-order valence-electron chi connectivity index (χ4n) is 3.92. The first-order valence-corrected chi connectivity index (χ1v) is 12.7. The molecule has 178 valence electrons. The van der Waals surface area contributed by atoms with Gasteiger partial charge in [0.15, 0.2) is 11.0 Å². The van der Waals surface area contributed by atoms with Crippen LogP contribution < -0.4 is 0 Å². The second kappa shape index (κ2) is 11.1. The third kappa shape index (κ3) is 5.62. The molecule has 1 aliphatic heterocycles. The van der Waals surface area contributed by atoms with Crippen molar-refractivity contribution in [1.82, 2.24) is 19.7 Å². The zero-order chi connectivity index (χ0) is 24.1. The van der Waals surface area contributed by atoms with Crippen LogP contribution in [0.15, 0.2) is 53.7 Å². The number of thioether (sulfide) groups is 1. The molecule has 3 aromatic rings. The number of hydrogen-bond donors (Lipinski definition) is 0. The molecule has 7 nitrogen and oxygen atoms in total. The Morgan fingerprint density at radius 1 is 1.06 bits per heavy atom. The molecule has 0 radical (unpaired) electrons. The zero-order valence-electron chi connectivity index (χ0n) is 19.2. The van der Waals surface area contributed by atoms with Gasteiger partial charge in [0.1, 0.15) is 0 Å². The minimum atomic E-state index is -0.163. The van der Waals surface area contributed by atoms with Gasteiger partial charge in [-0.25, -0.2) is 0 Å². The molecule has 0 spiro atoms. The SMILES string of the molecule is CCOC(=O)C1CCN(C(=O)CSc2nnc(-c3ccc(C)cc3)n2-c2ccc(Cl)cc2)CC1. The van der Waals surface area contributed by atoms with Gasteiger partial charge in [0, 0.05) is 29.4 Å². The summed E-state index contributed by atoms with van der Waals surface area (Å²) in [5, 5.41) is 10.1. The molecule has 0 saturated carbocycles. The number of hydrogen-bond acceptors (Lipinski definition) is 6. The molecule has 2 heterocycles. The van der Waals surface area contributed by atoms with E-state index in [1.807, 2.05) is 64.9 Å². The van der Waals surface area contributed by atoms with E-state index < -0.39 is 0 Å². The molecule has 0 N–H and O–H groups in total. The summed E-state index contributed by atoms with van der Waals surface area (Å²) in [4.78, 5) is 26.7. The number of ether oxygens (including phenoxy) is 1. The fraction of sp³-hybridized carbons (Fsp3) is 0.360. The average molecular weight is 499 g/mol. The van der Waals surface area contributed by atoms with Crippen LogP contribution in [0.1, 0.15) is 25.3 Å². The molecule has 0 aliphatic carbocycles. The summed E-state index contributed by atoms with van der Waals surface area (Å²) < 4.78 is 7.07. The van der Waals surface area contributed by atoms with Crippen LogP contribution in [0.3, 0.4) is 0 Å². The van der Waals surface area contributed by atoms with Crippen molar-refractivity contribution in [3.63, 3.8) is 0 Å². The Hall–Kier alpha value is -2.84. The summed E-state index contributed by atoms with van der Waals surface area (Å²) in [5.41, 5.74) is 2.97. The summed E-state index contributed by atoms with van der Waals surface area (Å²) in [6.07, 6.45) is 1.27. The van der Waals surface area contributed by atoms with Gasteiger partial charge in [-0.05, 0) is 51.0 Å². The van der Waals surface area contributed by atoms with Crippen molar-refractivity contribution in [3.05, 3.63) is 59.1 Å². The third-order valence-corrected chi connectivity index (χ3v) is 6.99. The summed E-state index contributed by atoms with van der Waals surface area (Å²) in [5.74, 6) is 0.678. The van der Waals surface area contributed by atoms with E-state index in [2.05, 4.69) is 10.2 Å². The lowest BCUT2D eigenvalue weighted by Crippen LogP contribution is -2.41. The Morgan fingerprint density at radius 2 is 1.74 bits per heavy atom. The van der Waals surface area contributed by atoms with E-state index >= 15 is 0 Å². The molecule has 34 heavy (non-hydrogen) atoms. The van der Waals surface area contributed by atoms with Crippen molar-refractivity contribution in [3.8, 4) is 17.1 Å². The van der Waals surface area contributed by atoms with E-state index in [1.165, 1.54) is 11.8 Å². The minimum absolute atomic E-state index is 0.0230. The monoisotopic (exact) mass is 498 g/mol. The van der Waals surface area contributed by atoms with Crippen molar-refractivity contribution in [2.45, 2.75) is 31.8 Å². The Bertz CT molecular complexity index is 1140. The number of aromatic nitrogens is 3. The van der Waals surface area contributed by atoms with Crippen LogP contribution >= 0.6 is 23.4 Å². The predicted molar refractivity (Wildman–Crippen MR) is 133 cm³/mol. The number of esters is 1. The van der Waals surface area contributed by atoms with E-state index in [-0.39, 0.29) is 23.5 Å². The van der Waals surface area contributed by atoms with Crippen LogP contribution in [-0.4, -0.2) is 57.0 Å². The van der Waals surface area contributed by atoms with Crippen molar-refractivity contribution in [2.75, 3.05) is 25.4 Å². The molecule has 2 aromatic carbocycles. The minimum Gasteiger partial charge on any atom is -0.466 e. The maximum Gasteiger partial charge on any atom is 0.309 e. The van der Waals surface area contributed by atoms with Gasteiger partial charge in [0.05, 0.1) is 18.3 Å². The van der Waals surface area contributed by atoms with E-state index in [0.29, 0.717) is 48.5 Å². The van der Waals surface area contributed by atoms with E-state index in [0.717, 1.165) is 16.8 Å². The highest BCUT2D eigenvalue weighted by Gasteiger charge is 2.28. The number of aryl methyl sites for hydroxylation is 1. The smallest absolute Gasteiger partial charge is 0.309 e. The first-order chi connectivity index (χ1) is 16.5. The second-order valence-corrected chi connectivity index (χ2v) is 9.56. The number of amides is 1. The van der Waals surface area contributed by atoms with E-state index in [9.17, 15) is 9.59 Å². The lowest BCUT2D eigenvalue weighted by Gasteiger charge is -2.30. The van der Waals surface area contributed by atoms with Gasteiger partial charge in [0.2, 0.25) is 5.91 Å². The molecule has 4 rings (SSSR count). The van der Waals surface area contributed by atoms with Gasteiger partial charge in [-0.3, -0.25) is 14.2 Å². The lowest BCUT2D eigenvalue weighted by atomic mass is 9.97. The first kappa shape index (κ1) is 24.3. The first-order valence-electron chi connectivity index (χ1n) is 11.3. The summed E-state index contributed by atoms with van der Waals surface area (Å²) in [7, 11) is 0. The number of likely N-dealkylation sites (tertiary alicyclic amines) is 1. The maximum atomic E-state index is 12.9. The predicted octanol–water partition coefficient (Wildman–Crippen LogP) is 4.79. The maximum absolute atomic E-state index is 12.9. The highest BCUT2D eigenvalue weighted by Crippen LogP contribution is 2.29. The van der Waals surface area contributed by atoms with Gasteiger partial charge in [-0.15, -0.1) is 10.2 Å². The summed E-state index contributed by atoms with van der Waals surface area (Å²) in [6.45, 7) is 5.34. The Balaban J connectivity index is 1.49. The van der Waals surface area contributed by atoms with Gasteiger partial charge in [-0.1, -0.05) is 53.2 Å².